The van der Waals surface area contributed by atoms with Gasteiger partial charge in [0.25, 0.3) is 0 Å². The molecule has 0 aromatic carbocycles. The van der Waals surface area contributed by atoms with Crippen LogP contribution in [0.5, 0.6) is 0 Å². The molecule has 0 radical (unpaired) electrons. The molecule has 132 valence electrons. The summed E-state index contributed by atoms with van der Waals surface area (Å²) in [5, 5.41) is 12.7. The van der Waals surface area contributed by atoms with E-state index >= 15 is 0 Å². The fourth-order valence-electron chi connectivity index (χ4n) is 4.91. The van der Waals surface area contributed by atoms with Crippen LogP contribution in [-0.4, -0.2) is 48.2 Å². The zero-order valence-electron chi connectivity index (χ0n) is 14.5. The van der Waals surface area contributed by atoms with Crippen molar-refractivity contribution in [1.29, 1.82) is 0 Å². The van der Waals surface area contributed by atoms with Crippen LogP contribution in [0.25, 0.3) is 0 Å². The molecular formula is C19H34N2O2. The predicted molar refractivity (Wildman–Crippen MR) is 92.1 cm³/mol. The second-order valence-electron chi connectivity index (χ2n) is 8.03. The SMILES string of the molecule is O=C(NCCCN1CCC(O)CC1)C1CCC2CCCCC2C1. The van der Waals surface area contributed by atoms with Crippen LogP contribution in [0.2, 0.25) is 0 Å². The van der Waals surface area contributed by atoms with Crippen molar-refractivity contribution in [1.82, 2.24) is 10.2 Å². The number of aliphatic hydroxyl groups is 1. The Hall–Kier alpha value is -0.610. The summed E-state index contributed by atoms with van der Waals surface area (Å²) in [6.45, 7) is 3.85. The third-order valence-corrected chi connectivity index (χ3v) is 6.42. The minimum absolute atomic E-state index is 0.0964. The molecule has 0 bridgehead atoms. The molecule has 23 heavy (non-hydrogen) atoms. The molecule has 0 spiro atoms. The van der Waals surface area contributed by atoms with Crippen molar-refractivity contribution in [2.75, 3.05) is 26.2 Å². The smallest absolute Gasteiger partial charge is 0.223 e. The first-order valence-electron chi connectivity index (χ1n) is 9.90. The summed E-state index contributed by atoms with van der Waals surface area (Å²) in [4.78, 5) is 14.8. The van der Waals surface area contributed by atoms with Crippen molar-refractivity contribution in [3.05, 3.63) is 0 Å². The van der Waals surface area contributed by atoms with Crippen molar-refractivity contribution in [2.24, 2.45) is 17.8 Å². The average Bonchev–Trinajstić information content (AvgIpc) is 2.59. The first-order chi connectivity index (χ1) is 11.2. The van der Waals surface area contributed by atoms with E-state index in [-0.39, 0.29) is 12.0 Å². The van der Waals surface area contributed by atoms with Crippen LogP contribution in [0.1, 0.15) is 64.2 Å². The molecule has 2 aliphatic carbocycles. The third-order valence-electron chi connectivity index (χ3n) is 6.42. The van der Waals surface area contributed by atoms with E-state index in [1.54, 1.807) is 0 Å². The maximum absolute atomic E-state index is 12.4. The van der Waals surface area contributed by atoms with E-state index in [2.05, 4.69) is 10.2 Å². The standard InChI is InChI=1S/C19H34N2O2/c22-18-8-12-21(13-9-18)11-3-10-20-19(23)17-7-6-15-4-1-2-5-16(15)14-17/h15-18,22H,1-14H2,(H,20,23). The molecule has 2 saturated carbocycles. The largest absolute Gasteiger partial charge is 0.393 e. The highest BCUT2D eigenvalue weighted by molar-refractivity contribution is 5.78. The minimum atomic E-state index is -0.0964. The fraction of sp³-hybridized carbons (Fsp3) is 0.947. The van der Waals surface area contributed by atoms with Crippen LogP contribution >= 0.6 is 0 Å². The van der Waals surface area contributed by atoms with Crippen LogP contribution in [0.3, 0.4) is 0 Å². The summed E-state index contributed by atoms with van der Waals surface area (Å²) in [6.07, 6.45) is 11.8. The van der Waals surface area contributed by atoms with Crippen LogP contribution < -0.4 is 5.32 Å². The summed E-state index contributed by atoms with van der Waals surface area (Å²) in [6, 6.07) is 0. The van der Waals surface area contributed by atoms with Crippen LogP contribution in [-0.2, 0) is 4.79 Å². The molecule has 3 fully saturated rings. The van der Waals surface area contributed by atoms with Gasteiger partial charge in [-0.05, 0) is 56.9 Å². The summed E-state index contributed by atoms with van der Waals surface area (Å²) in [7, 11) is 0. The van der Waals surface area contributed by atoms with Crippen molar-refractivity contribution >= 4 is 5.91 Å². The third kappa shape index (κ3) is 4.93. The topological polar surface area (TPSA) is 52.6 Å². The second-order valence-corrected chi connectivity index (χ2v) is 8.03. The number of hydrogen-bond acceptors (Lipinski definition) is 3. The Labute approximate surface area is 141 Å². The normalized spacial score (nSPS) is 33.2. The Morgan fingerprint density at radius 1 is 1.00 bits per heavy atom. The van der Waals surface area contributed by atoms with Gasteiger partial charge >= 0.3 is 0 Å². The number of amides is 1. The van der Waals surface area contributed by atoms with Gasteiger partial charge in [-0.3, -0.25) is 4.79 Å². The van der Waals surface area contributed by atoms with Crippen molar-refractivity contribution in [3.8, 4) is 0 Å². The molecule has 2 N–H and O–H groups in total. The first kappa shape index (κ1) is 17.2. The number of piperidine rings is 1. The van der Waals surface area contributed by atoms with Gasteiger partial charge < -0.3 is 15.3 Å². The molecular weight excluding hydrogens is 288 g/mol. The van der Waals surface area contributed by atoms with Gasteiger partial charge in [-0.25, -0.2) is 0 Å². The maximum atomic E-state index is 12.4. The number of carbonyl (C=O) groups is 1. The molecule has 0 aromatic rings. The summed E-state index contributed by atoms with van der Waals surface area (Å²) < 4.78 is 0. The van der Waals surface area contributed by atoms with Gasteiger partial charge in [0.05, 0.1) is 6.10 Å². The van der Waals surface area contributed by atoms with E-state index < -0.39 is 0 Å². The molecule has 4 heteroatoms. The molecule has 1 saturated heterocycles. The molecule has 0 aromatic heterocycles. The molecule has 3 aliphatic rings. The molecule has 4 nitrogen and oxygen atoms in total. The van der Waals surface area contributed by atoms with E-state index in [1.165, 1.54) is 32.1 Å². The zero-order valence-corrected chi connectivity index (χ0v) is 14.5. The minimum Gasteiger partial charge on any atom is -0.393 e. The Morgan fingerprint density at radius 3 is 2.52 bits per heavy atom. The summed E-state index contributed by atoms with van der Waals surface area (Å²) >= 11 is 0. The lowest BCUT2D eigenvalue weighted by atomic mass is 9.67. The molecule has 1 amide bonds. The van der Waals surface area contributed by atoms with Crippen LogP contribution in [0, 0.1) is 17.8 Å². The Bertz CT molecular complexity index is 380. The zero-order chi connectivity index (χ0) is 16.1. The van der Waals surface area contributed by atoms with Gasteiger partial charge in [0, 0.05) is 25.6 Å². The van der Waals surface area contributed by atoms with Crippen LogP contribution in [0.4, 0.5) is 0 Å². The Kier molecular flexibility index (Phi) is 6.35. The average molecular weight is 322 g/mol. The Morgan fingerprint density at radius 2 is 1.74 bits per heavy atom. The highest BCUT2D eigenvalue weighted by Crippen LogP contribution is 2.42. The number of likely N-dealkylation sites (tertiary alicyclic amines) is 1. The lowest BCUT2D eigenvalue weighted by Gasteiger charge is -2.38. The molecule has 1 aliphatic heterocycles. The van der Waals surface area contributed by atoms with Crippen molar-refractivity contribution in [2.45, 2.75) is 70.3 Å². The van der Waals surface area contributed by atoms with Crippen LogP contribution in [0.15, 0.2) is 0 Å². The van der Waals surface area contributed by atoms with E-state index in [9.17, 15) is 9.90 Å². The first-order valence-corrected chi connectivity index (χ1v) is 9.90. The molecule has 3 unspecified atom stereocenters. The number of hydrogen-bond donors (Lipinski definition) is 2. The summed E-state index contributed by atoms with van der Waals surface area (Å²) in [5.41, 5.74) is 0. The van der Waals surface area contributed by atoms with Gasteiger partial charge in [0.15, 0.2) is 0 Å². The fourth-order valence-corrected chi connectivity index (χ4v) is 4.91. The lowest BCUT2D eigenvalue weighted by Crippen LogP contribution is -2.39. The highest BCUT2D eigenvalue weighted by atomic mass is 16.3. The number of carbonyl (C=O) groups excluding carboxylic acids is 1. The number of nitrogens with zero attached hydrogens (tertiary/aromatic N) is 1. The van der Waals surface area contributed by atoms with Gasteiger partial charge in [-0.1, -0.05) is 25.7 Å². The highest BCUT2D eigenvalue weighted by Gasteiger charge is 2.34. The molecule has 3 rings (SSSR count). The summed E-state index contributed by atoms with van der Waals surface area (Å²) in [5.74, 6) is 2.33. The van der Waals surface area contributed by atoms with Crippen molar-refractivity contribution < 1.29 is 9.90 Å². The van der Waals surface area contributed by atoms with Crippen molar-refractivity contribution in [3.63, 3.8) is 0 Å². The van der Waals surface area contributed by atoms with Gasteiger partial charge in [0.1, 0.15) is 0 Å². The number of rotatable bonds is 5. The number of aliphatic hydroxyl groups excluding tert-OH is 1. The van der Waals surface area contributed by atoms with Gasteiger partial charge in [0.2, 0.25) is 5.91 Å². The quantitative estimate of drug-likeness (QED) is 0.765. The van der Waals surface area contributed by atoms with E-state index in [0.29, 0.717) is 5.91 Å². The maximum Gasteiger partial charge on any atom is 0.223 e. The Balaban J connectivity index is 1.30. The van der Waals surface area contributed by atoms with Gasteiger partial charge in [-0.15, -0.1) is 0 Å². The van der Waals surface area contributed by atoms with Gasteiger partial charge in [-0.2, -0.15) is 0 Å². The molecule has 1 heterocycles. The second kappa shape index (κ2) is 8.48. The van der Waals surface area contributed by atoms with E-state index in [1.807, 2.05) is 0 Å². The monoisotopic (exact) mass is 322 g/mol. The van der Waals surface area contributed by atoms with E-state index in [4.69, 9.17) is 0 Å². The van der Waals surface area contributed by atoms with E-state index in [0.717, 1.165) is 70.1 Å². The predicted octanol–water partition coefficient (Wildman–Crippen LogP) is 2.56. The number of fused-ring (bicyclic) bond motifs is 1. The number of nitrogens with one attached hydrogen (secondary N) is 1. The lowest BCUT2D eigenvalue weighted by molar-refractivity contribution is -0.127. The molecule has 3 atom stereocenters.